The van der Waals surface area contributed by atoms with Crippen molar-refractivity contribution in [2.75, 3.05) is 6.61 Å². The Bertz CT molecular complexity index is 159. The van der Waals surface area contributed by atoms with Crippen molar-refractivity contribution in [3.63, 3.8) is 0 Å². The molecule has 0 aliphatic carbocycles. The van der Waals surface area contributed by atoms with Gasteiger partial charge >= 0.3 is 0 Å². The van der Waals surface area contributed by atoms with E-state index in [0.717, 1.165) is 25.9 Å². The summed E-state index contributed by atoms with van der Waals surface area (Å²) in [5.41, 5.74) is 0. The summed E-state index contributed by atoms with van der Waals surface area (Å²) in [6.07, 6.45) is 7.02. The summed E-state index contributed by atoms with van der Waals surface area (Å²) in [4.78, 5) is 10.5. The van der Waals surface area contributed by atoms with Crippen molar-refractivity contribution in [3.05, 3.63) is 12.2 Å². The minimum absolute atomic E-state index is 0.124. The molecule has 0 radical (unpaired) electrons. The van der Waals surface area contributed by atoms with E-state index in [1.54, 1.807) is 13.0 Å². The Hall–Kier alpha value is -0.630. The van der Waals surface area contributed by atoms with Gasteiger partial charge in [-0.3, -0.25) is 4.79 Å². The number of carbonyl (C=O) groups excluding carboxylic acids is 1. The fourth-order valence-electron chi connectivity index (χ4n) is 0.933. The number of ketones is 1. The predicted octanol–water partition coefficient (Wildman–Crippen LogP) is 2.73. The first-order chi connectivity index (χ1) is 6.13. The lowest BCUT2D eigenvalue weighted by molar-refractivity contribution is -0.112. The summed E-state index contributed by atoms with van der Waals surface area (Å²) in [6, 6.07) is 0. The van der Waals surface area contributed by atoms with Crippen LogP contribution in [0.1, 0.15) is 40.0 Å². The van der Waals surface area contributed by atoms with E-state index in [-0.39, 0.29) is 5.78 Å². The standard InChI is InChI=1S/C11H20O2/c1-10(2)13-9-7-5-4-6-8-11(3)12/h6,8,10H,4-5,7,9H2,1-3H3/b8-6+. The van der Waals surface area contributed by atoms with Crippen molar-refractivity contribution in [3.8, 4) is 0 Å². The Morgan fingerprint density at radius 3 is 2.62 bits per heavy atom. The van der Waals surface area contributed by atoms with E-state index in [9.17, 15) is 4.79 Å². The average molecular weight is 184 g/mol. The number of allylic oxidation sites excluding steroid dienone is 2. The van der Waals surface area contributed by atoms with Crippen LogP contribution < -0.4 is 0 Å². The van der Waals surface area contributed by atoms with Crippen LogP contribution in [0.4, 0.5) is 0 Å². The highest BCUT2D eigenvalue weighted by Gasteiger charge is 1.91. The molecular weight excluding hydrogens is 164 g/mol. The Morgan fingerprint density at radius 1 is 1.38 bits per heavy atom. The van der Waals surface area contributed by atoms with Gasteiger partial charge in [-0.05, 0) is 46.1 Å². The Morgan fingerprint density at radius 2 is 2.08 bits per heavy atom. The SMILES string of the molecule is CC(=O)/C=C/CCCCOC(C)C. The van der Waals surface area contributed by atoms with Crippen molar-refractivity contribution < 1.29 is 9.53 Å². The maximum atomic E-state index is 10.5. The van der Waals surface area contributed by atoms with Crippen molar-refractivity contribution in [1.29, 1.82) is 0 Å². The molecule has 0 heterocycles. The van der Waals surface area contributed by atoms with Gasteiger partial charge in [0.05, 0.1) is 6.10 Å². The van der Waals surface area contributed by atoms with Gasteiger partial charge in [0.1, 0.15) is 0 Å². The first kappa shape index (κ1) is 12.4. The fourth-order valence-corrected chi connectivity index (χ4v) is 0.933. The van der Waals surface area contributed by atoms with Crippen LogP contribution in [0.3, 0.4) is 0 Å². The van der Waals surface area contributed by atoms with E-state index in [1.165, 1.54) is 0 Å². The zero-order valence-electron chi connectivity index (χ0n) is 8.88. The highest BCUT2D eigenvalue weighted by molar-refractivity contribution is 5.87. The average Bonchev–Trinajstić information content (AvgIpc) is 2.01. The smallest absolute Gasteiger partial charge is 0.152 e. The Balaban J connectivity index is 3.13. The number of rotatable bonds is 7. The van der Waals surface area contributed by atoms with Crippen molar-refractivity contribution >= 4 is 5.78 Å². The molecule has 0 aromatic heterocycles. The summed E-state index contributed by atoms with van der Waals surface area (Å²) in [7, 11) is 0. The Labute approximate surface area is 81.0 Å². The first-order valence-electron chi connectivity index (χ1n) is 4.91. The zero-order chi connectivity index (χ0) is 10.1. The van der Waals surface area contributed by atoms with Crippen molar-refractivity contribution in [2.24, 2.45) is 0 Å². The van der Waals surface area contributed by atoms with Gasteiger partial charge in [-0.15, -0.1) is 0 Å². The minimum Gasteiger partial charge on any atom is -0.379 e. The van der Waals surface area contributed by atoms with Crippen LogP contribution in [-0.4, -0.2) is 18.5 Å². The van der Waals surface area contributed by atoms with E-state index < -0.39 is 0 Å². The molecular formula is C11H20O2. The predicted molar refractivity (Wildman–Crippen MR) is 54.8 cm³/mol. The van der Waals surface area contributed by atoms with E-state index in [4.69, 9.17) is 4.74 Å². The van der Waals surface area contributed by atoms with Gasteiger partial charge in [0.15, 0.2) is 5.78 Å². The molecule has 0 rings (SSSR count). The van der Waals surface area contributed by atoms with Gasteiger partial charge < -0.3 is 4.74 Å². The molecule has 13 heavy (non-hydrogen) atoms. The molecule has 0 aliphatic heterocycles. The molecule has 0 aromatic carbocycles. The molecule has 0 spiro atoms. The largest absolute Gasteiger partial charge is 0.379 e. The summed E-state index contributed by atoms with van der Waals surface area (Å²) < 4.78 is 5.38. The molecule has 0 N–H and O–H groups in total. The molecule has 0 atom stereocenters. The number of hydrogen-bond acceptors (Lipinski definition) is 2. The first-order valence-corrected chi connectivity index (χ1v) is 4.91. The molecule has 0 bridgehead atoms. The molecule has 76 valence electrons. The molecule has 0 unspecified atom stereocenters. The minimum atomic E-state index is 0.124. The third-order valence-corrected chi connectivity index (χ3v) is 1.57. The number of ether oxygens (including phenoxy) is 1. The summed E-state index contributed by atoms with van der Waals surface area (Å²) in [5, 5.41) is 0. The van der Waals surface area contributed by atoms with Crippen LogP contribution in [-0.2, 0) is 9.53 Å². The monoisotopic (exact) mass is 184 g/mol. The van der Waals surface area contributed by atoms with Crippen LogP contribution in [0.5, 0.6) is 0 Å². The molecule has 0 fully saturated rings. The zero-order valence-corrected chi connectivity index (χ0v) is 8.88. The number of hydrogen-bond donors (Lipinski definition) is 0. The van der Waals surface area contributed by atoms with Gasteiger partial charge in [-0.25, -0.2) is 0 Å². The van der Waals surface area contributed by atoms with Gasteiger partial charge in [0.2, 0.25) is 0 Å². The van der Waals surface area contributed by atoms with E-state index >= 15 is 0 Å². The van der Waals surface area contributed by atoms with E-state index in [2.05, 4.69) is 0 Å². The highest BCUT2D eigenvalue weighted by atomic mass is 16.5. The van der Waals surface area contributed by atoms with Crippen LogP contribution in [0.15, 0.2) is 12.2 Å². The lowest BCUT2D eigenvalue weighted by Crippen LogP contribution is -2.03. The molecule has 0 amide bonds. The Kier molecular flexibility index (Phi) is 7.60. The van der Waals surface area contributed by atoms with Crippen molar-refractivity contribution in [2.45, 2.75) is 46.1 Å². The van der Waals surface area contributed by atoms with Gasteiger partial charge in [0, 0.05) is 6.61 Å². The topological polar surface area (TPSA) is 26.3 Å². The second kappa shape index (κ2) is 7.99. The quantitative estimate of drug-likeness (QED) is 0.449. The molecule has 0 saturated heterocycles. The molecule has 0 saturated carbocycles. The van der Waals surface area contributed by atoms with Gasteiger partial charge in [0.25, 0.3) is 0 Å². The second-order valence-corrected chi connectivity index (χ2v) is 3.43. The second-order valence-electron chi connectivity index (χ2n) is 3.43. The summed E-state index contributed by atoms with van der Waals surface area (Å²) in [5.74, 6) is 0.124. The number of unbranched alkanes of at least 4 members (excludes halogenated alkanes) is 2. The van der Waals surface area contributed by atoms with Crippen LogP contribution in [0, 0.1) is 0 Å². The maximum absolute atomic E-state index is 10.5. The third kappa shape index (κ3) is 11.4. The van der Waals surface area contributed by atoms with Crippen LogP contribution in [0.2, 0.25) is 0 Å². The highest BCUT2D eigenvalue weighted by Crippen LogP contribution is 1.99. The number of carbonyl (C=O) groups is 1. The fraction of sp³-hybridized carbons (Fsp3) is 0.727. The lowest BCUT2D eigenvalue weighted by atomic mass is 10.2. The maximum Gasteiger partial charge on any atom is 0.152 e. The van der Waals surface area contributed by atoms with E-state index in [0.29, 0.717) is 6.10 Å². The van der Waals surface area contributed by atoms with Gasteiger partial charge in [-0.1, -0.05) is 6.08 Å². The third-order valence-electron chi connectivity index (χ3n) is 1.57. The lowest BCUT2D eigenvalue weighted by Gasteiger charge is -2.05. The molecule has 0 aliphatic rings. The van der Waals surface area contributed by atoms with Crippen LogP contribution >= 0.6 is 0 Å². The molecule has 0 aromatic rings. The summed E-state index contributed by atoms with van der Waals surface area (Å²) in [6.45, 7) is 6.47. The van der Waals surface area contributed by atoms with E-state index in [1.807, 2.05) is 19.9 Å². The van der Waals surface area contributed by atoms with Crippen LogP contribution in [0.25, 0.3) is 0 Å². The molecule has 2 heteroatoms. The van der Waals surface area contributed by atoms with Crippen molar-refractivity contribution in [1.82, 2.24) is 0 Å². The van der Waals surface area contributed by atoms with Gasteiger partial charge in [-0.2, -0.15) is 0 Å². The summed E-state index contributed by atoms with van der Waals surface area (Å²) >= 11 is 0. The normalized spacial score (nSPS) is 11.4. The molecule has 2 nitrogen and oxygen atoms in total.